The Labute approximate surface area is 59.6 Å². The van der Waals surface area contributed by atoms with Crippen molar-refractivity contribution >= 4 is 11.6 Å². The fourth-order valence-corrected chi connectivity index (χ4v) is 2.05. The fraction of sp³-hybridized carbons (Fsp3) is 0.750. The van der Waals surface area contributed by atoms with Gasteiger partial charge in [-0.3, -0.25) is 9.59 Å². The Morgan fingerprint density at radius 3 is 2.60 bits per heavy atom. The van der Waals surface area contributed by atoms with Gasteiger partial charge in [-0.05, 0) is 6.42 Å². The van der Waals surface area contributed by atoms with E-state index < -0.39 is 0 Å². The molecule has 10 heavy (non-hydrogen) atoms. The minimum absolute atomic E-state index is 0.0972. The van der Waals surface area contributed by atoms with Gasteiger partial charge in [0.15, 0.2) is 0 Å². The second-order valence-corrected chi connectivity index (χ2v) is 3.56. The standard InChI is InChI=1S/C8H10O2/c1-8-3-2-6(9)5(8)4-7(8)10/h5H,2-4H2,1H3. The monoisotopic (exact) mass is 138 g/mol. The summed E-state index contributed by atoms with van der Waals surface area (Å²) in [5.41, 5.74) is -0.225. The first-order valence-electron chi connectivity index (χ1n) is 3.70. The second kappa shape index (κ2) is 1.49. The Morgan fingerprint density at radius 2 is 2.20 bits per heavy atom. The summed E-state index contributed by atoms with van der Waals surface area (Å²) in [7, 11) is 0. The molecular weight excluding hydrogens is 128 g/mol. The Kier molecular flexibility index (Phi) is 0.908. The van der Waals surface area contributed by atoms with Crippen LogP contribution in [0.4, 0.5) is 0 Å². The van der Waals surface area contributed by atoms with Gasteiger partial charge in [-0.1, -0.05) is 6.92 Å². The number of hydrogen-bond donors (Lipinski definition) is 0. The first-order valence-corrected chi connectivity index (χ1v) is 3.70. The molecule has 2 aliphatic carbocycles. The van der Waals surface area contributed by atoms with Crippen molar-refractivity contribution in [2.45, 2.75) is 26.2 Å². The van der Waals surface area contributed by atoms with Crippen LogP contribution in [0.5, 0.6) is 0 Å². The normalized spacial score (nSPS) is 45.1. The average molecular weight is 138 g/mol. The molecule has 0 bridgehead atoms. The molecule has 0 aromatic rings. The van der Waals surface area contributed by atoms with E-state index >= 15 is 0 Å². The van der Waals surface area contributed by atoms with Crippen LogP contribution in [0.1, 0.15) is 26.2 Å². The fourth-order valence-electron chi connectivity index (χ4n) is 2.05. The largest absolute Gasteiger partial charge is 0.299 e. The number of Topliss-reactive ketones (excluding diaryl/α,β-unsaturated/α-hetero) is 2. The van der Waals surface area contributed by atoms with Crippen molar-refractivity contribution in [2.24, 2.45) is 11.3 Å². The molecule has 54 valence electrons. The highest BCUT2D eigenvalue weighted by atomic mass is 16.1. The highest BCUT2D eigenvalue weighted by Crippen LogP contribution is 2.52. The summed E-state index contributed by atoms with van der Waals surface area (Å²) < 4.78 is 0. The third-order valence-corrected chi connectivity index (χ3v) is 3.08. The molecule has 0 aliphatic heterocycles. The summed E-state index contributed by atoms with van der Waals surface area (Å²) in [4.78, 5) is 22.1. The van der Waals surface area contributed by atoms with Gasteiger partial charge in [-0.2, -0.15) is 0 Å². The van der Waals surface area contributed by atoms with Crippen LogP contribution in [-0.2, 0) is 9.59 Å². The van der Waals surface area contributed by atoms with Crippen LogP contribution in [0.25, 0.3) is 0 Å². The first kappa shape index (κ1) is 6.08. The lowest BCUT2D eigenvalue weighted by Gasteiger charge is -2.38. The van der Waals surface area contributed by atoms with Gasteiger partial charge in [0, 0.05) is 24.2 Å². The molecule has 2 nitrogen and oxygen atoms in total. The Bertz CT molecular complexity index is 217. The molecule has 0 spiro atoms. The average Bonchev–Trinajstić information content (AvgIpc) is 2.13. The van der Waals surface area contributed by atoms with Gasteiger partial charge >= 0.3 is 0 Å². The van der Waals surface area contributed by atoms with E-state index in [4.69, 9.17) is 0 Å². The number of fused-ring (bicyclic) bond motifs is 1. The summed E-state index contributed by atoms with van der Waals surface area (Å²) in [5, 5.41) is 0. The molecule has 2 aliphatic rings. The van der Waals surface area contributed by atoms with Crippen molar-refractivity contribution in [2.75, 3.05) is 0 Å². The molecule has 2 rings (SSSR count). The molecule has 2 fully saturated rings. The van der Waals surface area contributed by atoms with E-state index in [1.165, 1.54) is 0 Å². The molecule has 2 saturated carbocycles. The minimum Gasteiger partial charge on any atom is -0.299 e. The van der Waals surface area contributed by atoms with E-state index in [-0.39, 0.29) is 11.3 Å². The first-order chi connectivity index (χ1) is 4.64. The zero-order valence-electron chi connectivity index (χ0n) is 6.02. The number of hydrogen-bond acceptors (Lipinski definition) is 2. The molecule has 0 radical (unpaired) electrons. The molecule has 0 aromatic heterocycles. The van der Waals surface area contributed by atoms with Crippen molar-refractivity contribution in [3.8, 4) is 0 Å². The maximum atomic E-state index is 11.0. The van der Waals surface area contributed by atoms with Crippen molar-refractivity contribution in [1.82, 2.24) is 0 Å². The Morgan fingerprint density at radius 1 is 1.50 bits per heavy atom. The van der Waals surface area contributed by atoms with Gasteiger partial charge in [0.2, 0.25) is 0 Å². The maximum absolute atomic E-state index is 11.0. The summed E-state index contributed by atoms with van der Waals surface area (Å²) >= 11 is 0. The molecule has 2 atom stereocenters. The molecule has 0 aromatic carbocycles. The summed E-state index contributed by atoms with van der Waals surface area (Å²) in [5.74, 6) is 0.699. The predicted molar refractivity (Wildman–Crippen MR) is 35.5 cm³/mol. The van der Waals surface area contributed by atoms with E-state index in [0.29, 0.717) is 24.4 Å². The highest BCUT2D eigenvalue weighted by molar-refractivity contribution is 6.04. The maximum Gasteiger partial charge on any atom is 0.140 e. The number of carbonyl (C=O) groups excluding carboxylic acids is 2. The van der Waals surface area contributed by atoms with Crippen LogP contribution in [0.2, 0.25) is 0 Å². The Balaban J connectivity index is 2.32. The third-order valence-electron chi connectivity index (χ3n) is 3.08. The molecule has 0 amide bonds. The Hall–Kier alpha value is -0.660. The van der Waals surface area contributed by atoms with Crippen molar-refractivity contribution in [3.63, 3.8) is 0 Å². The van der Waals surface area contributed by atoms with Gasteiger partial charge in [0.25, 0.3) is 0 Å². The van der Waals surface area contributed by atoms with Gasteiger partial charge < -0.3 is 0 Å². The van der Waals surface area contributed by atoms with E-state index in [1.807, 2.05) is 6.92 Å². The predicted octanol–water partition coefficient (Wildman–Crippen LogP) is 0.945. The van der Waals surface area contributed by atoms with Crippen molar-refractivity contribution in [1.29, 1.82) is 0 Å². The van der Waals surface area contributed by atoms with E-state index in [1.54, 1.807) is 0 Å². The summed E-state index contributed by atoms with van der Waals surface area (Å²) in [6.45, 7) is 1.92. The quantitative estimate of drug-likeness (QED) is 0.499. The van der Waals surface area contributed by atoms with Gasteiger partial charge in [0.05, 0.1) is 0 Å². The van der Waals surface area contributed by atoms with Crippen LogP contribution in [0.15, 0.2) is 0 Å². The SMILES string of the molecule is CC12CCC(=O)C1CC2=O. The van der Waals surface area contributed by atoms with E-state index in [2.05, 4.69) is 0 Å². The smallest absolute Gasteiger partial charge is 0.140 e. The zero-order chi connectivity index (χ0) is 7.35. The lowest BCUT2D eigenvalue weighted by Crippen LogP contribution is -2.46. The molecule has 0 heterocycles. The number of carbonyl (C=O) groups is 2. The van der Waals surface area contributed by atoms with Crippen molar-refractivity contribution in [3.05, 3.63) is 0 Å². The number of ketones is 2. The van der Waals surface area contributed by atoms with Crippen molar-refractivity contribution < 1.29 is 9.59 Å². The summed E-state index contributed by atoms with van der Waals surface area (Å²) in [6.07, 6.45) is 1.96. The van der Waals surface area contributed by atoms with E-state index in [9.17, 15) is 9.59 Å². The third kappa shape index (κ3) is 0.459. The summed E-state index contributed by atoms with van der Waals surface area (Å²) in [6, 6.07) is 0. The van der Waals surface area contributed by atoms with Crippen LogP contribution < -0.4 is 0 Å². The van der Waals surface area contributed by atoms with Gasteiger partial charge in [-0.25, -0.2) is 0 Å². The molecule has 0 N–H and O–H groups in total. The molecular formula is C8H10O2. The number of rotatable bonds is 0. The van der Waals surface area contributed by atoms with Gasteiger partial charge in [0.1, 0.15) is 11.6 Å². The zero-order valence-corrected chi connectivity index (χ0v) is 6.02. The minimum atomic E-state index is -0.225. The molecule has 0 saturated heterocycles. The van der Waals surface area contributed by atoms with Crippen LogP contribution >= 0.6 is 0 Å². The van der Waals surface area contributed by atoms with Crippen LogP contribution in [0, 0.1) is 11.3 Å². The lowest BCUT2D eigenvalue weighted by molar-refractivity contribution is -0.146. The topological polar surface area (TPSA) is 34.1 Å². The van der Waals surface area contributed by atoms with Gasteiger partial charge in [-0.15, -0.1) is 0 Å². The lowest BCUT2D eigenvalue weighted by atomic mass is 9.62. The van der Waals surface area contributed by atoms with E-state index in [0.717, 1.165) is 6.42 Å². The molecule has 2 unspecified atom stereocenters. The van der Waals surface area contributed by atoms with Crippen LogP contribution in [-0.4, -0.2) is 11.6 Å². The van der Waals surface area contributed by atoms with Crippen LogP contribution in [0.3, 0.4) is 0 Å². The molecule has 2 heteroatoms. The second-order valence-electron chi connectivity index (χ2n) is 3.56. The highest BCUT2D eigenvalue weighted by Gasteiger charge is 2.57.